The van der Waals surface area contributed by atoms with Crippen LogP contribution in [0.4, 0.5) is 0 Å². The topological polar surface area (TPSA) is 26.3 Å². The molecule has 0 bridgehead atoms. The Balaban J connectivity index is 4.16. The maximum atomic E-state index is 10.9. The van der Waals surface area contributed by atoms with Gasteiger partial charge in [0.1, 0.15) is 0 Å². The fourth-order valence-electron chi connectivity index (χ4n) is 0.867. The van der Waals surface area contributed by atoms with E-state index in [1.165, 1.54) is 11.6 Å². The van der Waals surface area contributed by atoms with E-state index in [1.54, 1.807) is 6.92 Å². The van der Waals surface area contributed by atoms with E-state index in [-0.39, 0.29) is 5.97 Å². The summed E-state index contributed by atoms with van der Waals surface area (Å²) in [6.07, 6.45) is 3.44. The van der Waals surface area contributed by atoms with Gasteiger partial charge in [-0.3, -0.25) is 0 Å². The Hall–Kier alpha value is -1.05. The molecule has 0 N–H and O–H groups in total. The molecule has 0 unspecified atom stereocenters. The number of ether oxygens (including phenoxy) is 1. The normalized spacial score (nSPS) is 10.8. The summed E-state index contributed by atoms with van der Waals surface area (Å²) in [5.41, 5.74) is 2.10. The molecule has 2 heteroatoms. The van der Waals surface area contributed by atoms with Gasteiger partial charge in [0.25, 0.3) is 0 Å². The molecule has 0 aliphatic heterocycles. The molecule has 68 valence electrons. The first-order valence-corrected chi connectivity index (χ1v) is 4.06. The van der Waals surface area contributed by atoms with Gasteiger partial charge in [0, 0.05) is 6.08 Å². The van der Waals surface area contributed by atoms with Gasteiger partial charge in [0.2, 0.25) is 0 Å². The molecule has 0 aromatic rings. The summed E-state index contributed by atoms with van der Waals surface area (Å²) in [4.78, 5) is 10.9. The van der Waals surface area contributed by atoms with Crippen LogP contribution < -0.4 is 0 Å². The molecule has 0 saturated carbocycles. The van der Waals surface area contributed by atoms with Crippen molar-refractivity contribution in [1.29, 1.82) is 0 Å². The molecule has 0 atom stereocenters. The average molecular weight is 168 g/mol. The maximum Gasteiger partial charge on any atom is 0.330 e. The molecular weight excluding hydrogens is 152 g/mol. The molecule has 2 nitrogen and oxygen atoms in total. The fraction of sp³-hybridized carbons (Fsp3) is 0.500. The minimum Gasteiger partial charge on any atom is -0.463 e. The van der Waals surface area contributed by atoms with Gasteiger partial charge in [0.05, 0.1) is 6.61 Å². The first kappa shape index (κ1) is 11.0. The van der Waals surface area contributed by atoms with Crippen LogP contribution in [0.25, 0.3) is 0 Å². The largest absolute Gasteiger partial charge is 0.463 e. The summed E-state index contributed by atoms with van der Waals surface area (Å²) in [7, 11) is 0. The Morgan fingerprint density at radius 1 is 1.25 bits per heavy atom. The van der Waals surface area contributed by atoms with Crippen LogP contribution in [0.2, 0.25) is 0 Å². The van der Waals surface area contributed by atoms with Crippen molar-refractivity contribution >= 4 is 5.97 Å². The van der Waals surface area contributed by atoms with Gasteiger partial charge in [-0.05, 0) is 33.3 Å². The lowest BCUT2D eigenvalue weighted by Gasteiger charge is -1.96. The number of carbonyl (C=O) groups is 1. The van der Waals surface area contributed by atoms with Crippen LogP contribution in [0.5, 0.6) is 0 Å². The molecule has 0 amide bonds. The molecule has 0 aromatic heterocycles. The molecule has 0 radical (unpaired) electrons. The van der Waals surface area contributed by atoms with E-state index < -0.39 is 0 Å². The number of esters is 1. The molecule has 0 spiro atoms. The molecule has 0 heterocycles. The third kappa shape index (κ3) is 5.71. The van der Waals surface area contributed by atoms with Crippen LogP contribution in [-0.2, 0) is 9.53 Å². The molecule has 0 aliphatic rings. The highest BCUT2D eigenvalue weighted by Gasteiger charge is 1.94. The smallest absolute Gasteiger partial charge is 0.330 e. The van der Waals surface area contributed by atoms with Crippen LogP contribution in [-0.4, -0.2) is 12.6 Å². The van der Waals surface area contributed by atoms with E-state index in [4.69, 9.17) is 4.74 Å². The second-order valence-corrected chi connectivity index (χ2v) is 2.86. The summed E-state index contributed by atoms with van der Waals surface area (Å²) in [6.45, 7) is 8.08. The maximum absolute atomic E-state index is 10.9. The number of carbonyl (C=O) groups excluding carboxylic acids is 1. The van der Waals surface area contributed by atoms with E-state index in [2.05, 4.69) is 0 Å². The Morgan fingerprint density at radius 3 is 2.25 bits per heavy atom. The molecule has 0 aromatic carbocycles. The van der Waals surface area contributed by atoms with E-state index in [0.717, 1.165) is 5.57 Å². The Labute approximate surface area is 73.9 Å². The summed E-state index contributed by atoms with van der Waals surface area (Å²) in [6, 6.07) is 0. The summed E-state index contributed by atoms with van der Waals surface area (Å²) >= 11 is 0. The summed E-state index contributed by atoms with van der Waals surface area (Å²) < 4.78 is 4.75. The van der Waals surface area contributed by atoms with Crippen molar-refractivity contribution in [2.75, 3.05) is 6.61 Å². The molecule has 12 heavy (non-hydrogen) atoms. The van der Waals surface area contributed by atoms with Crippen molar-refractivity contribution in [1.82, 2.24) is 0 Å². The summed E-state index contributed by atoms with van der Waals surface area (Å²) in [5, 5.41) is 0. The molecule has 0 rings (SSSR count). The SMILES string of the molecule is CCOC(=O)/C=C(\C)C=C(C)C. The highest BCUT2D eigenvalue weighted by Crippen LogP contribution is 2.00. The van der Waals surface area contributed by atoms with E-state index in [1.807, 2.05) is 26.8 Å². The van der Waals surface area contributed by atoms with Crippen LogP contribution in [0.3, 0.4) is 0 Å². The van der Waals surface area contributed by atoms with Crippen molar-refractivity contribution in [3.8, 4) is 0 Å². The monoisotopic (exact) mass is 168 g/mol. The third-order valence-corrected chi connectivity index (χ3v) is 1.15. The van der Waals surface area contributed by atoms with Crippen LogP contribution in [0, 0.1) is 0 Å². The van der Waals surface area contributed by atoms with Gasteiger partial charge in [-0.2, -0.15) is 0 Å². The first-order valence-electron chi connectivity index (χ1n) is 4.06. The molecular formula is C10H16O2. The molecule has 0 saturated heterocycles. The van der Waals surface area contributed by atoms with E-state index in [9.17, 15) is 4.79 Å². The zero-order valence-corrected chi connectivity index (χ0v) is 8.18. The van der Waals surface area contributed by atoms with Gasteiger partial charge in [-0.25, -0.2) is 4.79 Å². The van der Waals surface area contributed by atoms with Gasteiger partial charge in [-0.15, -0.1) is 0 Å². The Bertz CT molecular complexity index is 208. The predicted molar refractivity (Wildman–Crippen MR) is 49.8 cm³/mol. The van der Waals surface area contributed by atoms with Crippen LogP contribution >= 0.6 is 0 Å². The van der Waals surface area contributed by atoms with E-state index >= 15 is 0 Å². The van der Waals surface area contributed by atoms with Crippen molar-refractivity contribution in [2.45, 2.75) is 27.7 Å². The zero-order chi connectivity index (χ0) is 9.56. The van der Waals surface area contributed by atoms with Crippen LogP contribution in [0.1, 0.15) is 27.7 Å². The number of rotatable bonds is 3. The highest BCUT2D eigenvalue weighted by molar-refractivity contribution is 5.83. The number of hydrogen-bond donors (Lipinski definition) is 0. The average Bonchev–Trinajstić information content (AvgIpc) is 1.84. The predicted octanol–water partition coefficient (Wildman–Crippen LogP) is 2.46. The van der Waals surface area contributed by atoms with Gasteiger partial charge in [-0.1, -0.05) is 11.6 Å². The Morgan fingerprint density at radius 2 is 1.83 bits per heavy atom. The lowest BCUT2D eigenvalue weighted by molar-refractivity contribution is -0.137. The zero-order valence-electron chi connectivity index (χ0n) is 8.18. The number of hydrogen-bond acceptors (Lipinski definition) is 2. The fourth-order valence-corrected chi connectivity index (χ4v) is 0.867. The third-order valence-electron chi connectivity index (χ3n) is 1.15. The summed E-state index contributed by atoms with van der Waals surface area (Å²) in [5.74, 6) is -0.271. The van der Waals surface area contributed by atoms with Crippen molar-refractivity contribution < 1.29 is 9.53 Å². The molecule has 0 fully saturated rings. The molecule has 0 aliphatic carbocycles. The van der Waals surface area contributed by atoms with E-state index in [0.29, 0.717) is 6.61 Å². The minimum atomic E-state index is -0.271. The lowest BCUT2D eigenvalue weighted by atomic mass is 10.2. The van der Waals surface area contributed by atoms with Gasteiger partial charge in [0.15, 0.2) is 0 Å². The second kappa shape index (κ2) is 5.58. The van der Waals surface area contributed by atoms with Crippen molar-refractivity contribution in [2.24, 2.45) is 0 Å². The van der Waals surface area contributed by atoms with Gasteiger partial charge >= 0.3 is 5.97 Å². The minimum absolute atomic E-state index is 0.271. The lowest BCUT2D eigenvalue weighted by Crippen LogP contribution is -1.99. The van der Waals surface area contributed by atoms with Crippen molar-refractivity contribution in [3.63, 3.8) is 0 Å². The van der Waals surface area contributed by atoms with Crippen LogP contribution in [0.15, 0.2) is 23.3 Å². The van der Waals surface area contributed by atoms with Crippen molar-refractivity contribution in [3.05, 3.63) is 23.3 Å². The number of allylic oxidation sites excluding steroid dienone is 3. The highest BCUT2D eigenvalue weighted by atomic mass is 16.5. The quantitative estimate of drug-likeness (QED) is 0.367. The second-order valence-electron chi connectivity index (χ2n) is 2.86. The first-order chi connectivity index (χ1) is 5.56. The Kier molecular flexibility index (Phi) is 5.09. The van der Waals surface area contributed by atoms with Gasteiger partial charge < -0.3 is 4.74 Å². The standard InChI is InChI=1S/C10H16O2/c1-5-12-10(11)7-9(4)6-8(2)3/h6-7H,5H2,1-4H3/b9-7+.